The minimum atomic E-state index is -0.561. The zero-order valence-corrected chi connectivity index (χ0v) is 12.0. The highest BCUT2D eigenvalue weighted by Crippen LogP contribution is 2.20. The van der Waals surface area contributed by atoms with E-state index in [0.29, 0.717) is 16.6 Å². The number of rotatable bonds is 3. The first-order chi connectivity index (χ1) is 11.1. The molecule has 0 aliphatic heterocycles. The van der Waals surface area contributed by atoms with Crippen LogP contribution < -0.4 is 11.1 Å². The molecule has 2 heterocycles. The van der Waals surface area contributed by atoms with E-state index in [-0.39, 0.29) is 17.5 Å². The summed E-state index contributed by atoms with van der Waals surface area (Å²) < 4.78 is 4.70. The van der Waals surface area contributed by atoms with Gasteiger partial charge in [-0.25, -0.2) is 19.7 Å². The molecular weight excluding hydrogens is 300 g/mol. The van der Waals surface area contributed by atoms with Gasteiger partial charge in [-0.15, -0.1) is 0 Å². The SMILES string of the molecule is COC(=O)c1cccc2[nH]c(NC(=O)c3nccnc3N)nc12. The van der Waals surface area contributed by atoms with Gasteiger partial charge in [-0.1, -0.05) is 6.07 Å². The number of carbonyl (C=O) groups is 2. The molecule has 0 unspecified atom stereocenters. The number of para-hydroxylation sites is 1. The van der Waals surface area contributed by atoms with Gasteiger partial charge in [0.1, 0.15) is 5.52 Å². The molecule has 0 spiro atoms. The lowest BCUT2D eigenvalue weighted by atomic mass is 10.2. The van der Waals surface area contributed by atoms with Gasteiger partial charge in [0, 0.05) is 12.4 Å². The molecule has 0 fully saturated rings. The molecule has 1 aromatic carbocycles. The molecule has 0 radical (unpaired) electrons. The predicted molar refractivity (Wildman–Crippen MR) is 81.8 cm³/mol. The zero-order valence-electron chi connectivity index (χ0n) is 12.0. The first kappa shape index (κ1) is 14.4. The third-order valence-electron chi connectivity index (χ3n) is 3.09. The third kappa shape index (κ3) is 2.67. The maximum absolute atomic E-state index is 12.1. The Morgan fingerprint density at radius 3 is 2.78 bits per heavy atom. The number of nitrogens with two attached hydrogens (primary N) is 1. The molecule has 0 atom stereocenters. The molecule has 2 aromatic heterocycles. The summed E-state index contributed by atoms with van der Waals surface area (Å²) in [6, 6.07) is 4.99. The molecule has 0 saturated carbocycles. The van der Waals surface area contributed by atoms with Crippen molar-refractivity contribution in [2.24, 2.45) is 0 Å². The quantitative estimate of drug-likeness (QED) is 0.613. The number of imidazole rings is 1. The van der Waals surface area contributed by atoms with Crippen molar-refractivity contribution in [3.05, 3.63) is 41.9 Å². The summed E-state index contributed by atoms with van der Waals surface area (Å²) in [6.45, 7) is 0. The molecule has 0 aliphatic rings. The third-order valence-corrected chi connectivity index (χ3v) is 3.09. The number of hydrogen-bond acceptors (Lipinski definition) is 7. The van der Waals surface area contributed by atoms with E-state index < -0.39 is 11.9 Å². The van der Waals surface area contributed by atoms with Gasteiger partial charge < -0.3 is 15.5 Å². The number of carbonyl (C=O) groups excluding carboxylic acids is 2. The number of ether oxygens (including phenoxy) is 1. The Morgan fingerprint density at radius 2 is 2.04 bits per heavy atom. The van der Waals surface area contributed by atoms with Gasteiger partial charge in [0.15, 0.2) is 11.5 Å². The number of esters is 1. The molecule has 0 saturated heterocycles. The number of aromatic nitrogens is 4. The first-order valence-electron chi connectivity index (χ1n) is 6.55. The van der Waals surface area contributed by atoms with Crippen LogP contribution in [-0.4, -0.2) is 38.9 Å². The van der Waals surface area contributed by atoms with Crippen LogP contribution in [0.5, 0.6) is 0 Å². The van der Waals surface area contributed by atoms with Crippen LogP contribution in [0.25, 0.3) is 11.0 Å². The fraction of sp³-hybridized carbons (Fsp3) is 0.0714. The molecule has 0 bridgehead atoms. The summed E-state index contributed by atoms with van der Waals surface area (Å²) in [4.78, 5) is 38.6. The van der Waals surface area contributed by atoms with Crippen LogP contribution in [0.15, 0.2) is 30.6 Å². The summed E-state index contributed by atoms with van der Waals surface area (Å²) in [7, 11) is 1.29. The smallest absolute Gasteiger partial charge is 0.340 e. The van der Waals surface area contributed by atoms with E-state index >= 15 is 0 Å². The average Bonchev–Trinajstić information content (AvgIpc) is 2.96. The average molecular weight is 312 g/mol. The van der Waals surface area contributed by atoms with Gasteiger partial charge in [-0.2, -0.15) is 0 Å². The number of nitrogen functional groups attached to an aromatic ring is 1. The maximum atomic E-state index is 12.1. The van der Waals surface area contributed by atoms with E-state index in [9.17, 15) is 9.59 Å². The van der Waals surface area contributed by atoms with Crippen molar-refractivity contribution in [2.75, 3.05) is 18.2 Å². The molecule has 4 N–H and O–H groups in total. The number of nitrogens with zero attached hydrogens (tertiary/aromatic N) is 3. The number of hydrogen-bond donors (Lipinski definition) is 3. The van der Waals surface area contributed by atoms with Gasteiger partial charge in [0.05, 0.1) is 18.2 Å². The summed E-state index contributed by atoms with van der Waals surface area (Å²) in [5.74, 6) is -0.907. The number of fused-ring (bicyclic) bond motifs is 1. The number of aromatic amines is 1. The largest absolute Gasteiger partial charge is 0.465 e. The van der Waals surface area contributed by atoms with Crippen molar-refractivity contribution in [3.8, 4) is 0 Å². The molecule has 1 amide bonds. The Kier molecular flexibility index (Phi) is 3.59. The minimum Gasteiger partial charge on any atom is -0.465 e. The van der Waals surface area contributed by atoms with Crippen molar-refractivity contribution < 1.29 is 14.3 Å². The second-order valence-electron chi connectivity index (χ2n) is 4.52. The molecule has 9 nitrogen and oxygen atoms in total. The Hall–Kier alpha value is -3.49. The van der Waals surface area contributed by atoms with Crippen LogP contribution >= 0.6 is 0 Å². The van der Waals surface area contributed by atoms with Gasteiger partial charge in [-0.05, 0) is 12.1 Å². The summed E-state index contributed by atoms with van der Waals surface area (Å²) in [5.41, 5.74) is 6.85. The Bertz CT molecular complexity index is 904. The number of methoxy groups -OCH3 is 1. The van der Waals surface area contributed by atoms with E-state index in [2.05, 4.69) is 25.3 Å². The topological polar surface area (TPSA) is 136 Å². The molecule has 116 valence electrons. The van der Waals surface area contributed by atoms with E-state index in [1.165, 1.54) is 19.5 Å². The van der Waals surface area contributed by atoms with E-state index in [4.69, 9.17) is 10.5 Å². The van der Waals surface area contributed by atoms with Crippen LogP contribution in [0, 0.1) is 0 Å². The summed E-state index contributed by atoms with van der Waals surface area (Å²) >= 11 is 0. The minimum absolute atomic E-state index is 0.0105. The molecule has 3 rings (SSSR count). The van der Waals surface area contributed by atoms with Crippen molar-refractivity contribution in [3.63, 3.8) is 0 Å². The maximum Gasteiger partial charge on any atom is 0.340 e. The fourth-order valence-corrected chi connectivity index (χ4v) is 2.06. The highest BCUT2D eigenvalue weighted by Gasteiger charge is 2.17. The first-order valence-corrected chi connectivity index (χ1v) is 6.55. The van der Waals surface area contributed by atoms with E-state index in [1.54, 1.807) is 18.2 Å². The van der Waals surface area contributed by atoms with Crippen LogP contribution in [0.3, 0.4) is 0 Å². The Morgan fingerprint density at radius 1 is 1.26 bits per heavy atom. The lowest BCUT2D eigenvalue weighted by molar-refractivity contribution is 0.0602. The second-order valence-corrected chi connectivity index (χ2v) is 4.52. The van der Waals surface area contributed by atoms with Crippen LogP contribution in [-0.2, 0) is 4.74 Å². The Balaban J connectivity index is 1.94. The summed E-state index contributed by atoms with van der Waals surface area (Å²) in [6.07, 6.45) is 2.75. The van der Waals surface area contributed by atoms with Gasteiger partial charge in [-0.3, -0.25) is 10.1 Å². The van der Waals surface area contributed by atoms with Crippen molar-refractivity contribution in [1.29, 1.82) is 0 Å². The van der Waals surface area contributed by atoms with Crippen molar-refractivity contribution in [2.45, 2.75) is 0 Å². The Labute approximate surface area is 129 Å². The van der Waals surface area contributed by atoms with Gasteiger partial charge in [0.2, 0.25) is 5.95 Å². The fourth-order valence-electron chi connectivity index (χ4n) is 2.06. The van der Waals surface area contributed by atoms with Gasteiger partial charge >= 0.3 is 5.97 Å². The monoisotopic (exact) mass is 312 g/mol. The zero-order chi connectivity index (χ0) is 16.4. The molecule has 3 aromatic rings. The highest BCUT2D eigenvalue weighted by molar-refractivity contribution is 6.06. The molecule has 9 heteroatoms. The van der Waals surface area contributed by atoms with Crippen molar-refractivity contribution >= 4 is 34.7 Å². The van der Waals surface area contributed by atoms with E-state index in [0.717, 1.165) is 0 Å². The standard InChI is InChI=1S/C14H12N6O3/c1-23-13(22)7-3-2-4-8-9(7)19-14(18-8)20-12(21)10-11(15)17-6-5-16-10/h2-6H,1H3,(H2,15,17)(H2,18,19,20,21). The van der Waals surface area contributed by atoms with Crippen LogP contribution in [0.1, 0.15) is 20.8 Å². The normalized spacial score (nSPS) is 10.5. The van der Waals surface area contributed by atoms with E-state index in [1.807, 2.05) is 0 Å². The van der Waals surface area contributed by atoms with Crippen LogP contribution in [0.2, 0.25) is 0 Å². The van der Waals surface area contributed by atoms with Gasteiger partial charge in [0.25, 0.3) is 5.91 Å². The lowest BCUT2D eigenvalue weighted by Crippen LogP contribution is -2.17. The molecule has 0 aliphatic carbocycles. The number of nitrogens with one attached hydrogen (secondary N) is 2. The lowest BCUT2D eigenvalue weighted by Gasteiger charge is -2.02. The number of H-pyrrole nitrogens is 1. The second kappa shape index (κ2) is 5.72. The number of benzene rings is 1. The van der Waals surface area contributed by atoms with Crippen molar-refractivity contribution in [1.82, 2.24) is 19.9 Å². The van der Waals surface area contributed by atoms with Crippen LogP contribution in [0.4, 0.5) is 11.8 Å². The molecular formula is C14H12N6O3. The summed E-state index contributed by atoms with van der Waals surface area (Å²) in [5, 5.41) is 2.53. The number of anilines is 2. The number of amides is 1. The highest BCUT2D eigenvalue weighted by atomic mass is 16.5. The molecule has 23 heavy (non-hydrogen) atoms. The predicted octanol–water partition coefficient (Wildman–Crippen LogP) is 0.974.